The zero-order chi connectivity index (χ0) is 12.8. The van der Waals surface area contributed by atoms with E-state index in [0.29, 0.717) is 11.1 Å². The molecule has 0 unspecified atom stereocenters. The quantitative estimate of drug-likeness (QED) is 0.609. The number of aldehydes is 1. The largest absolute Gasteiger partial charge is 0.457 e. The summed E-state index contributed by atoms with van der Waals surface area (Å²) in [6.45, 7) is 0.162. The first-order valence-corrected chi connectivity index (χ1v) is 5.56. The highest BCUT2D eigenvalue weighted by molar-refractivity contribution is 5.89. The van der Waals surface area contributed by atoms with Gasteiger partial charge in [-0.3, -0.25) is 4.79 Å². The van der Waals surface area contributed by atoms with E-state index in [4.69, 9.17) is 4.74 Å². The summed E-state index contributed by atoms with van der Waals surface area (Å²) in [5, 5.41) is 0. The molecule has 90 valence electrons. The van der Waals surface area contributed by atoms with Crippen LogP contribution < -0.4 is 0 Å². The predicted molar refractivity (Wildman–Crippen MR) is 67.4 cm³/mol. The van der Waals surface area contributed by atoms with Crippen LogP contribution in [0.1, 0.15) is 26.3 Å². The van der Waals surface area contributed by atoms with Crippen LogP contribution in [0.15, 0.2) is 54.6 Å². The fourth-order valence-corrected chi connectivity index (χ4v) is 1.56. The van der Waals surface area contributed by atoms with Gasteiger partial charge in [-0.15, -0.1) is 0 Å². The fraction of sp³-hybridized carbons (Fsp3) is 0.0667. The summed E-state index contributed by atoms with van der Waals surface area (Å²) in [5.74, 6) is -0.368. The van der Waals surface area contributed by atoms with Crippen molar-refractivity contribution in [1.29, 1.82) is 0 Å². The lowest BCUT2D eigenvalue weighted by Crippen LogP contribution is -2.05. The van der Waals surface area contributed by atoms with Gasteiger partial charge in [0.1, 0.15) is 12.9 Å². The molecular weight excluding hydrogens is 228 g/mol. The molecule has 0 saturated carbocycles. The Bertz CT molecular complexity index is 547. The molecule has 18 heavy (non-hydrogen) atoms. The summed E-state index contributed by atoms with van der Waals surface area (Å²) < 4.78 is 5.16. The number of hydrogen-bond donors (Lipinski definition) is 0. The van der Waals surface area contributed by atoms with Crippen LogP contribution in [0, 0.1) is 0 Å². The second kappa shape index (κ2) is 5.77. The summed E-state index contributed by atoms with van der Waals surface area (Å²) in [6.07, 6.45) is 0.766. The zero-order valence-corrected chi connectivity index (χ0v) is 9.71. The Morgan fingerprint density at radius 2 is 1.83 bits per heavy atom. The monoisotopic (exact) mass is 240 g/mol. The number of benzene rings is 2. The Kier molecular flexibility index (Phi) is 3.86. The summed E-state index contributed by atoms with van der Waals surface area (Å²) in [4.78, 5) is 22.3. The lowest BCUT2D eigenvalue weighted by atomic mass is 10.1. The Morgan fingerprint density at radius 3 is 2.56 bits per heavy atom. The van der Waals surface area contributed by atoms with E-state index in [1.165, 1.54) is 0 Å². The highest BCUT2D eigenvalue weighted by atomic mass is 16.5. The third-order valence-corrected chi connectivity index (χ3v) is 2.47. The molecule has 0 aliphatic heterocycles. The molecule has 2 aromatic carbocycles. The van der Waals surface area contributed by atoms with E-state index in [1.54, 1.807) is 42.5 Å². The highest BCUT2D eigenvalue weighted by Gasteiger charge is 2.06. The van der Waals surface area contributed by atoms with Crippen LogP contribution in [0.4, 0.5) is 0 Å². The summed E-state index contributed by atoms with van der Waals surface area (Å²) in [7, 11) is 0. The lowest BCUT2D eigenvalue weighted by Gasteiger charge is -2.05. The number of carbonyl (C=O) groups is 2. The molecule has 0 aliphatic carbocycles. The van der Waals surface area contributed by atoms with Gasteiger partial charge < -0.3 is 4.74 Å². The van der Waals surface area contributed by atoms with E-state index < -0.39 is 0 Å². The average molecular weight is 240 g/mol. The Morgan fingerprint density at radius 1 is 1.06 bits per heavy atom. The van der Waals surface area contributed by atoms with Crippen LogP contribution in [0.5, 0.6) is 0 Å². The van der Waals surface area contributed by atoms with Crippen LogP contribution in [-0.4, -0.2) is 12.3 Å². The minimum atomic E-state index is -0.368. The lowest BCUT2D eigenvalue weighted by molar-refractivity contribution is 0.0472. The van der Waals surface area contributed by atoms with Crippen LogP contribution >= 0.6 is 0 Å². The fourth-order valence-electron chi connectivity index (χ4n) is 1.56. The molecule has 2 rings (SSSR count). The number of rotatable bonds is 4. The summed E-state index contributed by atoms with van der Waals surface area (Å²) in [5.41, 5.74) is 1.89. The molecule has 0 atom stereocenters. The van der Waals surface area contributed by atoms with E-state index >= 15 is 0 Å². The van der Waals surface area contributed by atoms with Gasteiger partial charge in [-0.05, 0) is 23.8 Å². The minimum Gasteiger partial charge on any atom is -0.457 e. The van der Waals surface area contributed by atoms with Gasteiger partial charge >= 0.3 is 5.97 Å². The third-order valence-electron chi connectivity index (χ3n) is 2.47. The molecule has 0 saturated heterocycles. The molecule has 0 fully saturated rings. The number of carbonyl (C=O) groups excluding carboxylic acids is 2. The second-order valence-electron chi connectivity index (χ2n) is 3.81. The van der Waals surface area contributed by atoms with E-state index in [0.717, 1.165) is 11.8 Å². The molecule has 2 aromatic rings. The van der Waals surface area contributed by atoms with Gasteiger partial charge in [0.05, 0.1) is 5.56 Å². The molecule has 3 nitrogen and oxygen atoms in total. The van der Waals surface area contributed by atoms with Crippen molar-refractivity contribution in [3.63, 3.8) is 0 Å². The molecule has 0 aliphatic rings. The van der Waals surface area contributed by atoms with Crippen molar-refractivity contribution in [3.05, 3.63) is 71.3 Å². The molecule has 0 spiro atoms. The molecule has 3 heteroatoms. The maximum atomic E-state index is 11.7. The first-order chi connectivity index (χ1) is 8.79. The van der Waals surface area contributed by atoms with Crippen molar-refractivity contribution in [3.8, 4) is 0 Å². The molecular formula is C15H12O3. The summed E-state index contributed by atoms with van der Waals surface area (Å²) in [6, 6.07) is 15.8. The normalized spacial score (nSPS) is 9.78. The number of ether oxygens (including phenoxy) is 1. The van der Waals surface area contributed by atoms with Crippen LogP contribution in [0.25, 0.3) is 0 Å². The van der Waals surface area contributed by atoms with Gasteiger partial charge in [0.15, 0.2) is 0 Å². The number of esters is 1. The van der Waals surface area contributed by atoms with Crippen molar-refractivity contribution in [2.45, 2.75) is 6.61 Å². The average Bonchev–Trinajstić information content (AvgIpc) is 2.46. The smallest absolute Gasteiger partial charge is 0.338 e. The van der Waals surface area contributed by atoms with E-state index in [9.17, 15) is 9.59 Å². The van der Waals surface area contributed by atoms with Gasteiger partial charge in [0, 0.05) is 5.56 Å². The second-order valence-corrected chi connectivity index (χ2v) is 3.81. The van der Waals surface area contributed by atoms with Crippen molar-refractivity contribution < 1.29 is 14.3 Å². The SMILES string of the molecule is O=Cc1cccc(COC(=O)c2ccccc2)c1. The number of hydrogen-bond acceptors (Lipinski definition) is 3. The van der Waals surface area contributed by atoms with Crippen molar-refractivity contribution in [1.82, 2.24) is 0 Å². The Balaban J connectivity index is 1.99. The van der Waals surface area contributed by atoms with Crippen LogP contribution in [-0.2, 0) is 11.3 Å². The Labute approximate surface area is 105 Å². The van der Waals surface area contributed by atoms with Crippen LogP contribution in [0.2, 0.25) is 0 Å². The molecule has 0 bridgehead atoms. The maximum absolute atomic E-state index is 11.7. The van der Waals surface area contributed by atoms with E-state index in [-0.39, 0.29) is 12.6 Å². The first-order valence-electron chi connectivity index (χ1n) is 5.56. The van der Waals surface area contributed by atoms with Gasteiger partial charge in [-0.2, -0.15) is 0 Å². The first kappa shape index (κ1) is 12.0. The molecule has 0 heterocycles. The molecule has 0 N–H and O–H groups in total. The Hall–Kier alpha value is -2.42. The van der Waals surface area contributed by atoms with E-state index in [1.807, 2.05) is 12.1 Å². The standard InChI is InChI=1S/C15H12O3/c16-10-12-5-4-6-13(9-12)11-18-15(17)14-7-2-1-3-8-14/h1-10H,11H2. The van der Waals surface area contributed by atoms with Gasteiger partial charge in [-0.25, -0.2) is 4.79 Å². The van der Waals surface area contributed by atoms with E-state index in [2.05, 4.69) is 0 Å². The molecule has 0 aromatic heterocycles. The molecule has 0 radical (unpaired) electrons. The maximum Gasteiger partial charge on any atom is 0.338 e. The topological polar surface area (TPSA) is 43.4 Å². The summed E-state index contributed by atoms with van der Waals surface area (Å²) >= 11 is 0. The minimum absolute atomic E-state index is 0.162. The van der Waals surface area contributed by atoms with Crippen molar-refractivity contribution >= 4 is 12.3 Å². The van der Waals surface area contributed by atoms with Crippen LogP contribution in [0.3, 0.4) is 0 Å². The third kappa shape index (κ3) is 3.04. The van der Waals surface area contributed by atoms with Gasteiger partial charge in [0.25, 0.3) is 0 Å². The predicted octanol–water partition coefficient (Wildman–Crippen LogP) is 2.86. The van der Waals surface area contributed by atoms with Crippen molar-refractivity contribution in [2.24, 2.45) is 0 Å². The zero-order valence-electron chi connectivity index (χ0n) is 9.71. The molecule has 0 amide bonds. The van der Waals surface area contributed by atoms with Crippen molar-refractivity contribution in [2.75, 3.05) is 0 Å². The highest BCUT2D eigenvalue weighted by Crippen LogP contribution is 2.07. The van der Waals surface area contributed by atoms with Gasteiger partial charge in [0.2, 0.25) is 0 Å². The van der Waals surface area contributed by atoms with Gasteiger partial charge in [-0.1, -0.05) is 36.4 Å².